The maximum Gasteiger partial charge on any atom is 0.295 e. The van der Waals surface area contributed by atoms with Gasteiger partial charge in [0.1, 0.15) is 17.6 Å². The van der Waals surface area contributed by atoms with Crippen molar-refractivity contribution in [1.82, 2.24) is 9.80 Å². The Morgan fingerprint density at radius 1 is 1.16 bits per heavy atom. The number of likely N-dealkylation sites (N-methyl/N-ethyl adjacent to an activating group) is 1. The summed E-state index contributed by atoms with van der Waals surface area (Å²) >= 11 is 0. The van der Waals surface area contributed by atoms with Crippen molar-refractivity contribution in [2.45, 2.75) is 45.8 Å². The lowest BCUT2D eigenvalue weighted by Gasteiger charge is -2.27. The van der Waals surface area contributed by atoms with Crippen LogP contribution in [0.25, 0.3) is 5.76 Å². The first kappa shape index (κ1) is 27.5. The third-order valence-electron chi connectivity index (χ3n) is 6.95. The molecular weight excluding hydrogens is 484 g/mol. The number of carbonyl (C=O) groups is 2. The van der Waals surface area contributed by atoms with Crippen LogP contribution in [0.3, 0.4) is 0 Å². The lowest BCUT2D eigenvalue weighted by molar-refractivity contribution is -0.140. The summed E-state index contributed by atoms with van der Waals surface area (Å²) in [5.41, 5.74) is 2.18. The number of Topliss-reactive ketones (excluding diaryl/α,β-unsaturated/α-hetero) is 1. The van der Waals surface area contributed by atoms with Gasteiger partial charge in [-0.1, -0.05) is 19.9 Å². The van der Waals surface area contributed by atoms with Crippen molar-refractivity contribution >= 4 is 17.4 Å². The Bertz CT molecular complexity index is 1240. The van der Waals surface area contributed by atoms with Crippen LogP contribution in [0.5, 0.6) is 17.2 Å². The number of carbonyl (C=O) groups excluding carboxylic acids is 2. The summed E-state index contributed by atoms with van der Waals surface area (Å²) in [6, 6.07) is 10.0. The fourth-order valence-electron chi connectivity index (χ4n) is 4.87. The molecule has 0 radical (unpaired) electrons. The fourth-order valence-corrected chi connectivity index (χ4v) is 4.87. The Hall–Kier alpha value is -3.52. The number of hydrogen-bond acceptors (Lipinski definition) is 7. The summed E-state index contributed by atoms with van der Waals surface area (Å²) in [5, 5.41) is 11.5. The number of hydrogen-bond donors (Lipinski definition) is 1. The second kappa shape index (κ2) is 11.5. The summed E-state index contributed by atoms with van der Waals surface area (Å²) in [7, 11) is 5.38. The normalized spacial score (nSPS) is 20.3. The van der Waals surface area contributed by atoms with E-state index in [4.69, 9.17) is 14.2 Å². The van der Waals surface area contributed by atoms with E-state index in [1.165, 1.54) is 4.90 Å². The molecule has 2 atom stereocenters. The highest BCUT2D eigenvalue weighted by atomic mass is 16.5. The van der Waals surface area contributed by atoms with Crippen molar-refractivity contribution < 1.29 is 28.9 Å². The molecular formula is C30H38N2O6. The molecule has 0 bridgehead atoms. The minimum atomic E-state index is -0.767. The van der Waals surface area contributed by atoms with Crippen LogP contribution >= 0.6 is 0 Å². The molecule has 2 heterocycles. The second-order valence-electron chi connectivity index (χ2n) is 10.7. The molecule has 2 unspecified atom stereocenters. The van der Waals surface area contributed by atoms with Crippen LogP contribution in [0, 0.1) is 5.92 Å². The second-order valence-corrected chi connectivity index (χ2v) is 10.7. The molecule has 8 nitrogen and oxygen atoms in total. The van der Waals surface area contributed by atoms with Crippen LogP contribution in [0.4, 0.5) is 0 Å². The number of nitrogens with zero attached hydrogens (tertiary/aromatic N) is 2. The monoisotopic (exact) mass is 522 g/mol. The van der Waals surface area contributed by atoms with Crippen molar-refractivity contribution in [3.8, 4) is 17.2 Å². The molecule has 2 aromatic carbocycles. The molecule has 2 aromatic rings. The maximum absolute atomic E-state index is 13.4. The maximum atomic E-state index is 13.4. The number of aliphatic hydroxyl groups is 1. The van der Waals surface area contributed by atoms with E-state index in [2.05, 4.69) is 13.8 Å². The molecule has 2 aliphatic rings. The van der Waals surface area contributed by atoms with Gasteiger partial charge in [-0.15, -0.1) is 0 Å². The molecule has 1 N–H and O–H groups in total. The van der Waals surface area contributed by atoms with Crippen molar-refractivity contribution in [1.29, 1.82) is 0 Å². The first-order chi connectivity index (χ1) is 18.1. The summed E-state index contributed by atoms with van der Waals surface area (Å²) in [6.45, 7) is 7.69. The number of fused-ring (bicyclic) bond motifs is 1. The molecule has 204 valence electrons. The van der Waals surface area contributed by atoms with Gasteiger partial charge in [-0.2, -0.15) is 0 Å². The third-order valence-corrected chi connectivity index (χ3v) is 6.95. The van der Waals surface area contributed by atoms with Gasteiger partial charge in [0.25, 0.3) is 11.7 Å². The number of likely N-dealkylation sites (tertiary alicyclic amines) is 1. The lowest BCUT2D eigenvalue weighted by atomic mass is 9.94. The molecule has 0 saturated carbocycles. The van der Waals surface area contributed by atoms with E-state index in [9.17, 15) is 14.7 Å². The SMILES string of the molecule is COc1cc(C2/C(=C(\O)c3ccc4c(c3)CC(C)O4)C(=O)C(=O)N2CCN(C)C)ccc1OCCC(C)C. The summed E-state index contributed by atoms with van der Waals surface area (Å²) < 4.78 is 17.4. The molecule has 0 aromatic heterocycles. The van der Waals surface area contributed by atoms with Gasteiger partial charge >= 0.3 is 0 Å². The fraction of sp³-hybridized carbons (Fsp3) is 0.467. The van der Waals surface area contributed by atoms with Crippen LogP contribution in [0.15, 0.2) is 42.0 Å². The average Bonchev–Trinajstić information content (AvgIpc) is 3.37. The van der Waals surface area contributed by atoms with E-state index in [1.807, 2.05) is 38.1 Å². The van der Waals surface area contributed by atoms with E-state index in [1.54, 1.807) is 31.4 Å². The van der Waals surface area contributed by atoms with Gasteiger partial charge in [0.2, 0.25) is 0 Å². The van der Waals surface area contributed by atoms with Gasteiger partial charge in [-0.3, -0.25) is 9.59 Å². The standard InChI is InChI=1S/C30H38N2O6/c1-18(2)11-14-37-24-10-7-20(17-25(24)36-6)27-26(29(34)30(35)32(27)13-12-31(4)5)28(33)21-8-9-23-22(16-21)15-19(3)38-23/h7-10,16-19,27,33H,11-15H2,1-6H3/b28-26+. The highest BCUT2D eigenvalue weighted by Crippen LogP contribution is 2.42. The molecule has 0 aliphatic carbocycles. The number of ketones is 1. The van der Waals surface area contributed by atoms with E-state index < -0.39 is 17.7 Å². The largest absolute Gasteiger partial charge is 0.507 e. The predicted octanol–water partition coefficient (Wildman–Crippen LogP) is 4.43. The first-order valence-corrected chi connectivity index (χ1v) is 13.1. The van der Waals surface area contributed by atoms with Gasteiger partial charge in [0.15, 0.2) is 11.5 Å². The summed E-state index contributed by atoms with van der Waals surface area (Å²) in [6.07, 6.45) is 1.67. The minimum absolute atomic E-state index is 0.0488. The van der Waals surface area contributed by atoms with Gasteiger partial charge < -0.3 is 29.1 Å². The van der Waals surface area contributed by atoms with Crippen LogP contribution in [-0.4, -0.2) is 73.6 Å². The van der Waals surface area contributed by atoms with Gasteiger partial charge in [0.05, 0.1) is 25.3 Å². The van der Waals surface area contributed by atoms with E-state index in [-0.39, 0.29) is 17.4 Å². The smallest absolute Gasteiger partial charge is 0.295 e. The van der Waals surface area contributed by atoms with Crippen molar-refractivity contribution in [2.75, 3.05) is 40.9 Å². The Morgan fingerprint density at radius 2 is 1.92 bits per heavy atom. The van der Waals surface area contributed by atoms with E-state index in [0.29, 0.717) is 54.7 Å². The minimum Gasteiger partial charge on any atom is -0.507 e. The first-order valence-electron chi connectivity index (χ1n) is 13.1. The average molecular weight is 523 g/mol. The Morgan fingerprint density at radius 3 is 2.61 bits per heavy atom. The van der Waals surface area contributed by atoms with Crippen LogP contribution in [-0.2, 0) is 16.0 Å². The summed E-state index contributed by atoms with van der Waals surface area (Å²) in [5.74, 6) is 0.850. The number of benzene rings is 2. The highest BCUT2D eigenvalue weighted by molar-refractivity contribution is 6.46. The summed E-state index contributed by atoms with van der Waals surface area (Å²) in [4.78, 5) is 30.1. The van der Waals surface area contributed by atoms with Crippen molar-refractivity contribution in [2.24, 2.45) is 5.92 Å². The molecule has 0 spiro atoms. The molecule has 38 heavy (non-hydrogen) atoms. The van der Waals surface area contributed by atoms with Crippen molar-refractivity contribution in [3.05, 3.63) is 58.7 Å². The number of rotatable bonds is 10. The predicted molar refractivity (Wildman–Crippen MR) is 146 cm³/mol. The third kappa shape index (κ3) is 5.65. The number of aliphatic hydroxyl groups excluding tert-OH is 1. The Balaban J connectivity index is 1.77. The Kier molecular flexibility index (Phi) is 8.31. The van der Waals surface area contributed by atoms with Crippen LogP contribution in [0.2, 0.25) is 0 Å². The van der Waals surface area contributed by atoms with Gasteiger partial charge in [0, 0.05) is 25.1 Å². The molecule has 4 rings (SSSR count). The zero-order valence-electron chi connectivity index (χ0n) is 23.1. The van der Waals surface area contributed by atoms with Gasteiger partial charge in [-0.25, -0.2) is 0 Å². The molecule has 1 fully saturated rings. The zero-order chi connectivity index (χ0) is 27.6. The van der Waals surface area contributed by atoms with E-state index >= 15 is 0 Å². The van der Waals surface area contributed by atoms with Crippen LogP contribution < -0.4 is 14.2 Å². The molecule has 2 aliphatic heterocycles. The number of amides is 1. The molecule has 8 heteroatoms. The Labute approximate surface area is 224 Å². The number of ether oxygens (including phenoxy) is 3. The number of methoxy groups -OCH3 is 1. The highest BCUT2D eigenvalue weighted by Gasteiger charge is 2.46. The quantitative estimate of drug-likeness (QED) is 0.281. The molecule has 1 saturated heterocycles. The van der Waals surface area contributed by atoms with Crippen LogP contribution in [0.1, 0.15) is 49.9 Å². The molecule has 1 amide bonds. The zero-order valence-corrected chi connectivity index (χ0v) is 23.1. The topological polar surface area (TPSA) is 88.5 Å². The van der Waals surface area contributed by atoms with E-state index in [0.717, 1.165) is 17.7 Å². The van der Waals surface area contributed by atoms with Crippen molar-refractivity contribution in [3.63, 3.8) is 0 Å². The van der Waals surface area contributed by atoms with Gasteiger partial charge in [-0.05, 0) is 74.8 Å². The lowest BCUT2D eigenvalue weighted by Crippen LogP contribution is -2.35.